The molecular weight excluding hydrogens is 366 g/mol. The lowest BCUT2D eigenvalue weighted by molar-refractivity contribution is -0.384. The molecule has 0 radical (unpaired) electrons. The number of hydrazone groups is 1. The molecule has 0 heterocycles. The third-order valence-corrected chi connectivity index (χ3v) is 3.53. The second kappa shape index (κ2) is 7.59. The number of ether oxygens (including phenoxy) is 2. The Morgan fingerprint density at radius 2 is 1.91 bits per heavy atom. The van der Waals surface area contributed by atoms with Crippen LogP contribution in [0.1, 0.15) is 5.56 Å². The zero-order chi connectivity index (χ0) is 16.8. The van der Waals surface area contributed by atoms with Crippen LogP contribution in [-0.4, -0.2) is 25.4 Å². The summed E-state index contributed by atoms with van der Waals surface area (Å²) in [4.78, 5) is 10.1. The normalized spacial score (nSPS) is 10.6. The predicted molar refractivity (Wildman–Crippen MR) is 91.6 cm³/mol. The maximum atomic E-state index is 10.6. The van der Waals surface area contributed by atoms with Gasteiger partial charge in [-0.05, 0) is 45.8 Å². The molecule has 0 saturated carbocycles. The van der Waals surface area contributed by atoms with Gasteiger partial charge < -0.3 is 9.47 Å². The highest BCUT2D eigenvalue weighted by molar-refractivity contribution is 9.10. The van der Waals surface area contributed by atoms with Crippen LogP contribution in [0, 0.1) is 10.1 Å². The first-order valence-corrected chi connectivity index (χ1v) is 7.29. The molecule has 1 N–H and O–H groups in total. The van der Waals surface area contributed by atoms with Crippen LogP contribution in [0.5, 0.6) is 11.5 Å². The molecule has 7 nitrogen and oxygen atoms in total. The summed E-state index contributed by atoms with van der Waals surface area (Å²) in [5, 5.41) is 14.7. The number of anilines is 1. The van der Waals surface area contributed by atoms with Gasteiger partial charge in [-0.1, -0.05) is 0 Å². The second-order valence-electron chi connectivity index (χ2n) is 4.41. The van der Waals surface area contributed by atoms with Crippen molar-refractivity contribution < 1.29 is 14.4 Å². The van der Waals surface area contributed by atoms with Crippen LogP contribution in [0.15, 0.2) is 46.0 Å². The average molecular weight is 380 g/mol. The number of hydrogen-bond donors (Lipinski definition) is 1. The lowest BCUT2D eigenvalue weighted by Gasteiger charge is -2.10. The minimum atomic E-state index is -0.450. The summed E-state index contributed by atoms with van der Waals surface area (Å²) in [6.07, 6.45) is 1.61. The van der Waals surface area contributed by atoms with E-state index in [0.29, 0.717) is 17.2 Å². The predicted octanol–water partition coefficient (Wildman–Crippen LogP) is 3.82. The van der Waals surface area contributed by atoms with Crippen molar-refractivity contribution in [1.82, 2.24) is 0 Å². The molecule has 0 aliphatic rings. The summed E-state index contributed by atoms with van der Waals surface area (Å²) in [5.74, 6) is 1.19. The van der Waals surface area contributed by atoms with E-state index in [1.54, 1.807) is 38.6 Å². The van der Waals surface area contributed by atoms with E-state index in [9.17, 15) is 10.1 Å². The first-order valence-electron chi connectivity index (χ1n) is 6.50. The van der Waals surface area contributed by atoms with E-state index in [1.165, 1.54) is 12.1 Å². The maximum Gasteiger partial charge on any atom is 0.269 e. The molecule has 0 amide bonds. The van der Waals surface area contributed by atoms with Gasteiger partial charge >= 0.3 is 0 Å². The van der Waals surface area contributed by atoms with E-state index in [1.807, 2.05) is 6.07 Å². The Kier molecular flexibility index (Phi) is 5.53. The number of methoxy groups -OCH3 is 2. The zero-order valence-electron chi connectivity index (χ0n) is 12.4. The van der Waals surface area contributed by atoms with Crippen molar-refractivity contribution in [2.45, 2.75) is 0 Å². The minimum absolute atomic E-state index is 0.0309. The zero-order valence-corrected chi connectivity index (χ0v) is 14.0. The highest BCUT2D eigenvalue weighted by Gasteiger charge is 2.09. The van der Waals surface area contributed by atoms with E-state index >= 15 is 0 Å². The summed E-state index contributed by atoms with van der Waals surface area (Å²) in [6, 6.07) is 9.60. The Bertz CT molecular complexity index is 732. The first-order chi connectivity index (χ1) is 11.0. The van der Waals surface area contributed by atoms with Gasteiger partial charge in [0.05, 0.1) is 35.5 Å². The molecule has 0 spiro atoms. The second-order valence-corrected chi connectivity index (χ2v) is 5.27. The van der Waals surface area contributed by atoms with Gasteiger partial charge in [0.15, 0.2) is 11.5 Å². The number of rotatable bonds is 6. The maximum absolute atomic E-state index is 10.6. The number of non-ortho nitro benzene ring substituents is 1. The van der Waals surface area contributed by atoms with Crippen LogP contribution in [0.2, 0.25) is 0 Å². The van der Waals surface area contributed by atoms with Crippen LogP contribution in [0.4, 0.5) is 11.4 Å². The molecule has 0 saturated heterocycles. The third kappa shape index (κ3) is 4.19. The molecule has 0 unspecified atom stereocenters. The molecule has 23 heavy (non-hydrogen) atoms. The van der Waals surface area contributed by atoms with Gasteiger partial charge in [-0.2, -0.15) is 5.10 Å². The Morgan fingerprint density at radius 1 is 1.22 bits per heavy atom. The number of halogens is 1. The fourth-order valence-electron chi connectivity index (χ4n) is 1.85. The van der Waals surface area contributed by atoms with Gasteiger partial charge in [-0.3, -0.25) is 15.5 Å². The van der Waals surface area contributed by atoms with Crippen LogP contribution >= 0.6 is 15.9 Å². The van der Waals surface area contributed by atoms with E-state index in [2.05, 4.69) is 26.5 Å². The van der Waals surface area contributed by atoms with E-state index in [4.69, 9.17) is 9.47 Å². The lowest BCUT2D eigenvalue weighted by atomic mass is 10.2. The molecule has 120 valence electrons. The summed E-state index contributed by atoms with van der Waals surface area (Å²) in [5.41, 5.74) is 4.28. The van der Waals surface area contributed by atoms with Gasteiger partial charge in [0.1, 0.15) is 0 Å². The topological polar surface area (TPSA) is 86.0 Å². The Hall–Kier alpha value is -2.61. The number of nitro groups is 1. The summed E-state index contributed by atoms with van der Waals surface area (Å²) in [7, 11) is 3.12. The molecule has 0 bridgehead atoms. The van der Waals surface area contributed by atoms with Crippen LogP contribution in [0.3, 0.4) is 0 Å². The Morgan fingerprint density at radius 3 is 2.48 bits per heavy atom. The fourth-order valence-corrected chi connectivity index (χ4v) is 2.47. The highest BCUT2D eigenvalue weighted by Crippen LogP contribution is 2.35. The van der Waals surface area contributed by atoms with Crippen LogP contribution in [0.25, 0.3) is 0 Å². The fraction of sp³-hybridized carbons (Fsp3) is 0.133. The summed E-state index contributed by atoms with van der Waals surface area (Å²) < 4.78 is 11.2. The van der Waals surface area contributed by atoms with Crippen molar-refractivity contribution in [3.63, 3.8) is 0 Å². The molecule has 2 rings (SSSR count). The highest BCUT2D eigenvalue weighted by atomic mass is 79.9. The Balaban J connectivity index is 2.11. The summed E-state index contributed by atoms with van der Waals surface area (Å²) >= 11 is 3.41. The van der Waals surface area contributed by atoms with Crippen molar-refractivity contribution in [3.05, 3.63) is 56.5 Å². The van der Waals surface area contributed by atoms with E-state index in [0.717, 1.165) is 10.0 Å². The number of nitrogens with zero attached hydrogens (tertiary/aromatic N) is 2. The van der Waals surface area contributed by atoms with E-state index < -0.39 is 4.92 Å². The molecule has 0 aliphatic heterocycles. The van der Waals surface area contributed by atoms with Gasteiger partial charge in [0, 0.05) is 12.1 Å². The van der Waals surface area contributed by atoms with E-state index in [-0.39, 0.29) is 5.69 Å². The summed E-state index contributed by atoms with van der Waals surface area (Å²) in [6.45, 7) is 0. The molecule has 2 aromatic carbocycles. The third-order valence-electron chi connectivity index (χ3n) is 2.94. The number of nitro benzene ring substituents is 1. The Labute approximate surface area is 141 Å². The van der Waals surface area contributed by atoms with Crippen molar-refractivity contribution in [2.24, 2.45) is 5.10 Å². The SMILES string of the molecule is COc1cc(/C=N\Nc2ccc([N+](=O)[O-])cc2)cc(Br)c1OC. The van der Waals surface area contributed by atoms with Gasteiger partial charge in [-0.15, -0.1) is 0 Å². The van der Waals surface area contributed by atoms with Gasteiger partial charge in [0.2, 0.25) is 0 Å². The molecule has 8 heteroatoms. The molecule has 0 fully saturated rings. The molecular formula is C15H14BrN3O4. The monoisotopic (exact) mass is 379 g/mol. The van der Waals surface area contributed by atoms with Gasteiger partial charge in [0.25, 0.3) is 5.69 Å². The van der Waals surface area contributed by atoms with Crippen molar-refractivity contribution in [3.8, 4) is 11.5 Å². The van der Waals surface area contributed by atoms with Crippen molar-refractivity contribution >= 4 is 33.5 Å². The number of nitrogens with one attached hydrogen (secondary N) is 1. The average Bonchev–Trinajstić information content (AvgIpc) is 2.54. The minimum Gasteiger partial charge on any atom is -0.493 e. The molecule has 0 aliphatic carbocycles. The quantitative estimate of drug-likeness (QED) is 0.468. The molecule has 2 aromatic rings. The van der Waals surface area contributed by atoms with Crippen LogP contribution < -0.4 is 14.9 Å². The number of benzene rings is 2. The molecule has 0 atom stereocenters. The largest absolute Gasteiger partial charge is 0.493 e. The van der Waals surface area contributed by atoms with Crippen molar-refractivity contribution in [1.29, 1.82) is 0 Å². The first kappa shape index (κ1) is 16.8. The van der Waals surface area contributed by atoms with Gasteiger partial charge in [-0.25, -0.2) is 0 Å². The standard InChI is InChI=1S/C15H14BrN3O4/c1-22-14-8-10(7-13(16)15(14)23-2)9-17-18-11-3-5-12(6-4-11)19(20)21/h3-9,18H,1-2H3/b17-9-. The number of hydrogen-bond acceptors (Lipinski definition) is 6. The lowest BCUT2D eigenvalue weighted by Crippen LogP contribution is -1.95. The smallest absolute Gasteiger partial charge is 0.269 e. The van der Waals surface area contributed by atoms with Crippen LogP contribution in [-0.2, 0) is 0 Å². The van der Waals surface area contributed by atoms with Crippen molar-refractivity contribution in [2.75, 3.05) is 19.6 Å². The molecule has 0 aromatic heterocycles.